The first kappa shape index (κ1) is 15.5. The van der Waals surface area contributed by atoms with E-state index in [9.17, 15) is 4.79 Å². The molecule has 0 aliphatic carbocycles. The van der Waals surface area contributed by atoms with E-state index < -0.39 is 0 Å². The van der Waals surface area contributed by atoms with Crippen molar-refractivity contribution in [2.45, 2.75) is 25.9 Å². The number of aryl methyl sites for hydroxylation is 1. The van der Waals surface area contributed by atoms with Gasteiger partial charge in [-0.25, -0.2) is 4.98 Å². The average molecular weight is 366 g/mol. The van der Waals surface area contributed by atoms with Crippen LogP contribution >= 0.6 is 15.9 Å². The minimum atomic E-state index is -0.00161. The largest absolute Gasteiger partial charge is 0.381 e. The number of fused-ring (bicyclic) bond motifs is 1. The monoisotopic (exact) mass is 365 g/mol. The van der Waals surface area contributed by atoms with Gasteiger partial charge in [-0.15, -0.1) is 0 Å². The molecule has 0 spiro atoms. The molecule has 5 nitrogen and oxygen atoms in total. The molecule has 6 heteroatoms. The van der Waals surface area contributed by atoms with Gasteiger partial charge in [0.1, 0.15) is 0 Å². The fourth-order valence-electron chi connectivity index (χ4n) is 3.03. The molecule has 1 aromatic heterocycles. The van der Waals surface area contributed by atoms with Gasteiger partial charge in [0.05, 0.1) is 17.0 Å². The lowest BCUT2D eigenvalue weighted by Crippen LogP contribution is -2.40. The summed E-state index contributed by atoms with van der Waals surface area (Å²) in [7, 11) is 3.55. The third-order valence-corrected chi connectivity index (χ3v) is 4.92. The van der Waals surface area contributed by atoms with Crippen LogP contribution in [0.4, 0.5) is 5.95 Å². The second-order valence-electron chi connectivity index (χ2n) is 5.84. The van der Waals surface area contributed by atoms with Crippen molar-refractivity contribution in [3.05, 3.63) is 32.5 Å². The van der Waals surface area contributed by atoms with E-state index >= 15 is 0 Å². The zero-order chi connectivity index (χ0) is 15.9. The molecular formula is C16H20BrN3O2. The summed E-state index contributed by atoms with van der Waals surface area (Å²) in [5.41, 5.74) is 1.78. The molecule has 3 rings (SSSR count). The van der Waals surface area contributed by atoms with Crippen LogP contribution in [0.5, 0.6) is 0 Å². The number of hydrogen-bond acceptors (Lipinski definition) is 4. The van der Waals surface area contributed by atoms with Gasteiger partial charge < -0.3 is 9.64 Å². The number of halogens is 1. The number of benzene rings is 1. The lowest BCUT2D eigenvalue weighted by Gasteiger charge is -2.32. The number of aromatic nitrogens is 2. The number of piperidine rings is 1. The van der Waals surface area contributed by atoms with E-state index in [1.165, 1.54) is 0 Å². The smallest absolute Gasteiger partial charge is 0.262 e. The molecule has 0 radical (unpaired) electrons. The van der Waals surface area contributed by atoms with Crippen LogP contribution in [0.25, 0.3) is 10.9 Å². The van der Waals surface area contributed by atoms with Crippen LogP contribution in [0, 0.1) is 6.92 Å². The fourth-order valence-corrected chi connectivity index (χ4v) is 3.70. The Morgan fingerprint density at radius 1 is 1.32 bits per heavy atom. The van der Waals surface area contributed by atoms with Gasteiger partial charge in [0.2, 0.25) is 5.95 Å². The summed E-state index contributed by atoms with van der Waals surface area (Å²) < 4.78 is 7.93. The molecule has 2 aromatic rings. The summed E-state index contributed by atoms with van der Waals surface area (Å²) in [6, 6.07) is 3.89. The standard InChI is InChI=1S/C16H20BrN3O2/c1-10-8-12-14(13(17)9-10)18-16(19(2)15(12)21)20-6-4-11(22-3)5-7-20/h8-9,11H,4-7H2,1-3H3. The quantitative estimate of drug-likeness (QED) is 0.820. The highest BCUT2D eigenvalue weighted by molar-refractivity contribution is 9.10. The summed E-state index contributed by atoms with van der Waals surface area (Å²) in [4.78, 5) is 19.6. The van der Waals surface area contributed by atoms with Crippen molar-refractivity contribution < 1.29 is 4.74 Å². The van der Waals surface area contributed by atoms with E-state index in [1.54, 1.807) is 18.7 Å². The Morgan fingerprint density at radius 3 is 2.64 bits per heavy atom. The molecule has 118 valence electrons. The third kappa shape index (κ3) is 2.65. The molecule has 2 heterocycles. The number of nitrogens with zero attached hydrogens (tertiary/aromatic N) is 3. The molecule has 0 N–H and O–H groups in total. The van der Waals surface area contributed by atoms with E-state index in [4.69, 9.17) is 9.72 Å². The van der Waals surface area contributed by atoms with Crippen LogP contribution in [0.3, 0.4) is 0 Å². The molecule has 22 heavy (non-hydrogen) atoms. The molecule has 0 atom stereocenters. The number of hydrogen-bond donors (Lipinski definition) is 0. The van der Waals surface area contributed by atoms with E-state index in [0.717, 1.165) is 47.4 Å². The van der Waals surface area contributed by atoms with E-state index in [-0.39, 0.29) is 5.56 Å². The van der Waals surface area contributed by atoms with Gasteiger partial charge in [-0.2, -0.15) is 0 Å². The normalized spacial score (nSPS) is 16.5. The fraction of sp³-hybridized carbons (Fsp3) is 0.500. The van der Waals surface area contributed by atoms with Gasteiger partial charge in [-0.3, -0.25) is 9.36 Å². The van der Waals surface area contributed by atoms with Crippen LogP contribution in [-0.4, -0.2) is 35.9 Å². The summed E-state index contributed by atoms with van der Waals surface area (Å²) in [5.74, 6) is 0.733. The Kier molecular flexibility index (Phi) is 4.23. The van der Waals surface area contributed by atoms with Gasteiger partial charge in [-0.05, 0) is 53.4 Å². The zero-order valence-corrected chi connectivity index (χ0v) is 14.7. The number of ether oxygens (including phenoxy) is 1. The van der Waals surface area contributed by atoms with Crippen LogP contribution in [0.15, 0.2) is 21.4 Å². The maximum absolute atomic E-state index is 12.7. The second kappa shape index (κ2) is 6.01. The highest BCUT2D eigenvalue weighted by atomic mass is 79.9. The summed E-state index contributed by atoms with van der Waals surface area (Å²) in [5, 5.41) is 0.657. The second-order valence-corrected chi connectivity index (χ2v) is 6.70. The number of rotatable bonds is 2. The molecule has 1 fully saturated rings. The molecule has 1 aliphatic heterocycles. The van der Waals surface area contributed by atoms with Gasteiger partial charge >= 0.3 is 0 Å². The Bertz CT molecular complexity index is 764. The van der Waals surface area contributed by atoms with Gasteiger partial charge in [-0.1, -0.05) is 0 Å². The maximum Gasteiger partial charge on any atom is 0.262 e. The molecule has 0 bridgehead atoms. The van der Waals surface area contributed by atoms with Crippen LogP contribution in [0.1, 0.15) is 18.4 Å². The Morgan fingerprint density at radius 2 is 2.00 bits per heavy atom. The van der Waals surface area contributed by atoms with Crippen LogP contribution in [0.2, 0.25) is 0 Å². The molecule has 0 saturated carbocycles. The molecule has 1 aliphatic rings. The van der Waals surface area contributed by atoms with Gasteiger partial charge in [0.25, 0.3) is 5.56 Å². The van der Waals surface area contributed by atoms with Crippen molar-refractivity contribution in [2.75, 3.05) is 25.1 Å². The predicted molar refractivity (Wildman–Crippen MR) is 91.7 cm³/mol. The Balaban J connectivity index is 2.08. The Labute approximate surface area is 138 Å². The van der Waals surface area contributed by atoms with Crippen molar-refractivity contribution in [1.82, 2.24) is 9.55 Å². The first-order valence-electron chi connectivity index (χ1n) is 7.46. The molecule has 0 unspecified atom stereocenters. The van der Waals surface area contributed by atoms with Crippen molar-refractivity contribution in [3.8, 4) is 0 Å². The summed E-state index contributed by atoms with van der Waals surface area (Å²) >= 11 is 3.54. The van der Waals surface area contributed by atoms with E-state index in [2.05, 4.69) is 20.8 Å². The summed E-state index contributed by atoms with van der Waals surface area (Å²) in [6.45, 7) is 3.69. The van der Waals surface area contributed by atoms with Crippen LogP contribution in [-0.2, 0) is 11.8 Å². The predicted octanol–water partition coefficient (Wildman–Crippen LogP) is 2.62. The van der Waals surface area contributed by atoms with E-state index in [0.29, 0.717) is 11.5 Å². The van der Waals surface area contributed by atoms with E-state index in [1.807, 2.05) is 19.1 Å². The molecular weight excluding hydrogens is 346 g/mol. The van der Waals surface area contributed by atoms with Gasteiger partial charge in [0, 0.05) is 31.7 Å². The van der Waals surface area contributed by atoms with Crippen molar-refractivity contribution in [3.63, 3.8) is 0 Å². The lowest BCUT2D eigenvalue weighted by molar-refractivity contribution is 0.0815. The maximum atomic E-state index is 12.7. The average Bonchev–Trinajstić information content (AvgIpc) is 2.51. The summed E-state index contributed by atoms with van der Waals surface area (Å²) in [6.07, 6.45) is 2.22. The number of anilines is 1. The van der Waals surface area contributed by atoms with Gasteiger partial charge in [0.15, 0.2) is 0 Å². The molecule has 1 saturated heterocycles. The van der Waals surface area contributed by atoms with Crippen molar-refractivity contribution in [2.24, 2.45) is 7.05 Å². The minimum absolute atomic E-state index is 0.00161. The number of methoxy groups -OCH3 is 1. The minimum Gasteiger partial charge on any atom is -0.381 e. The molecule has 0 amide bonds. The van der Waals surface area contributed by atoms with Crippen molar-refractivity contribution >= 4 is 32.8 Å². The zero-order valence-electron chi connectivity index (χ0n) is 13.1. The highest BCUT2D eigenvalue weighted by Gasteiger charge is 2.22. The van der Waals surface area contributed by atoms with Crippen molar-refractivity contribution in [1.29, 1.82) is 0 Å². The SMILES string of the molecule is COC1CCN(c2nc3c(Br)cc(C)cc3c(=O)n2C)CC1. The first-order valence-corrected chi connectivity index (χ1v) is 8.25. The topological polar surface area (TPSA) is 47.4 Å². The third-order valence-electron chi connectivity index (χ3n) is 4.31. The molecule has 1 aromatic carbocycles. The first-order chi connectivity index (χ1) is 10.5. The Hall–Kier alpha value is -1.40. The lowest BCUT2D eigenvalue weighted by atomic mass is 10.1. The van der Waals surface area contributed by atoms with Crippen LogP contribution < -0.4 is 10.5 Å². The highest BCUT2D eigenvalue weighted by Crippen LogP contribution is 2.25.